The summed E-state index contributed by atoms with van der Waals surface area (Å²) in [5.41, 5.74) is 3.32. The summed E-state index contributed by atoms with van der Waals surface area (Å²) in [6, 6.07) is 12.0. The number of aliphatic imine (C=N–C) groups is 1. The molecule has 2 N–H and O–H groups in total. The fourth-order valence-electron chi connectivity index (χ4n) is 2.78. The minimum Gasteiger partial charge on any atom is -0.496 e. The Morgan fingerprint density at radius 2 is 2.03 bits per heavy atom. The van der Waals surface area contributed by atoms with Crippen LogP contribution in [0.2, 0.25) is 0 Å². The number of hydrogen-bond acceptors (Lipinski definition) is 4. The molecular weight excluding hydrogens is 479 g/mol. The van der Waals surface area contributed by atoms with E-state index in [1.807, 2.05) is 37.4 Å². The van der Waals surface area contributed by atoms with Crippen molar-refractivity contribution in [2.24, 2.45) is 4.99 Å². The Balaban J connectivity index is 0.00000300. The summed E-state index contributed by atoms with van der Waals surface area (Å²) in [7, 11) is 1.69. The van der Waals surface area contributed by atoms with Crippen molar-refractivity contribution in [1.29, 1.82) is 0 Å². The predicted molar refractivity (Wildman–Crippen MR) is 126 cm³/mol. The Morgan fingerprint density at radius 3 is 2.76 bits per heavy atom. The first-order valence-electron chi connectivity index (χ1n) is 9.30. The van der Waals surface area contributed by atoms with E-state index >= 15 is 0 Å². The van der Waals surface area contributed by atoms with Crippen LogP contribution in [0.4, 0.5) is 0 Å². The van der Waals surface area contributed by atoms with Crippen LogP contribution in [0.1, 0.15) is 23.6 Å². The van der Waals surface area contributed by atoms with Gasteiger partial charge < -0.3 is 15.4 Å². The number of pyridine rings is 1. The monoisotopic (exact) mass is 506 g/mol. The standard InChI is InChI=1S/C21H26N6O.HI/c1-4-22-21(25-15-18-7-6-16(2)12-19(18)28-3)24-14-17-8-10-23-20(13-17)27-11-5-9-26-27;/h5-13H,4,14-15H2,1-3H3,(H2,22,24,25);1H. The number of guanidine groups is 1. The molecule has 154 valence electrons. The minimum atomic E-state index is 0. The van der Waals surface area contributed by atoms with Gasteiger partial charge >= 0.3 is 0 Å². The molecule has 0 aliphatic heterocycles. The van der Waals surface area contributed by atoms with E-state index in [1.54, 1.807) is 24.2 Å². The summed E-state index contributed by atoms with van der Waals surface area (Å²) < 4.78 is 7.22. The number of aryl methyl sites for hydroxylation is 1. The van der Waals surface area contributed by atoms with Crippen molar-refractivity contribution >= 4 is 29.9 Å². The highest BCUT2D eigenvalue weighted by Crippen LogP contribution is 2.19. The molecular formula is C21H27IN6O. The number of hydrogen-bond donors (Lipinski definition) is 2. The molecule has 3 rings (SSSR count). The number of halogens is 1. The molecule has 0 amide bonds. The van der Waals surface area contributed by atoms with E-state index in [1.165, 1.54) is 5.56 Å². The van der Waals surface area contributed by atoms with Crippen LogP contribution in [0.3, 0.4) is 0 Å². The minimum absolute atomic E-state index is 0. The molecule has 0 saturated carbocycles. The Hall–Kier alpha value is -2.62. The highest BCUT2D eigenvalue weighted by molar-refractivity contribution is 14.0. The first kappa shape index (κ1) is 22.7. The third-order valence-electron chi connectivity index (χ3n) is 4.20. The summed E-state index contributed by atoms with van der Waals surface area (Å²) in [5.74, 6) is 2.41. The summed E-state index contributed by atoms with van der Waals surface area (Å²) in [6.07, 6.45) is 5.38. The van der Waals surface area contributed by atoms with E-state index in [2.05, 4.69) is 39.8 Å². The van der Waals surface area contributed by atoms with Crippen molar-refractivity contribution in [2.75, 3.05) is 13.7 Å². The van der Waals surface area contributed by atoms with Gasteiger partial charge in [0.2, 0.25) is 0 Å². The maximum absolute atomic E-state index is 5.48. The SMILES string of the molecule is CCNC(=NCc1ccnc(-n2cccn2)c1)NCc1ccc(C)cc1OC.I. The number of rotatable bonds is 7. The lowest BCUT2D eigenvalue weighted by molar-refractivity contribution is 0.408. The molecule has 8 heteroatoms. The normalized spacial score (nSPS) is 10.9. The second kappa shape index (κ2) is 11.4. The van der Waals surface area contributed by atoms with Gasteiger partial charge in [-0.3, -0.25) is 0 Å². The van der Waals surface area contributed by atoms with E-state index in [4.69, 9.17) is 9.73 Å². The van der Waals surface area contributed by atoms with Gasteiger partial charge in [-0.1, -0.05) is 12.1 Å². The zero-order chi connectivity index (χ0) is 19.8. The lowest BCUT2D eigenvalue weighted by Gasteiger charge is -2.14. The highest BCUT2D eigenvalue weighted by Gasteiger charge is 2.05. The van der Waals surface area contributed by atoms with E-state index in [9.17, 15) is 0 Å². The van der Waals surface area contributed by atoms with Gasteiger partial charge in [-0.05, 0) is 49.2 Å². The van der Waals surface area contributed by atoms with Crippen molar-refractivity contribution in [3.63, 3.8) is 0 Å². The van der Waals surface area contributed by atoms with Crippen LogP contribution in [0, 0.1) is 6.92 Å². The lowest BCUT2D eigenvalue weighted by Crippen LogP contribution is -2.36. The van der Waals surface area contributed by atoms with Gasteiger partial charge in [-0.15, -0.1) is 24.0 Å². The molecule has 0 atom stereocenters. The van der Waals surface area contributed by atoms with Gasteiger partial charge in [0.1, 0.15) is 5.75 Å². The second-order valence-electron chi connectivity index (χ2n) is 6.34. The fourth-order valence-corrected chi connectivity index (χ4v) is 2.78. The zero-order valence-electron chi connectivity index (χ0n) is 16.9. The molecule has 0 radical (unpaired) electrons. The van der Waals surface area contributed by atoms with Gasteiger partial charge in [0.25, 0.3) is 0 Å². The number of aromatic nitrogens is 3. The number of nitrogens with zero attached hydrogens (tertiary/aromatic N) is 4. The molecule has 7 nitrogen and oxygen atoms in total. The lowest BCUT2D eigenvalue weighted by atomic mass is 10.1. The Bertz CT molecular complexity index is 927. The van der Waals surface area contributed by atoms with E-state index in [0.717, 1.165) is 35.2 Å². The van der Waals surface area contributed by atoms with E-state index in [0.29, 0.717) is 13.1 Å². The second-order valence-corrected chi connectivity index (χ2v) is 6.34. The van der Waals surface area contributed by atoms with E-state index in [-0.39, 0.29) is 24.0 Å². The van der Waals surface area contributed by atoms with Gasteiger partial charge in [-0.25, -0.2) is 14.7 Å². The Labute approximate surface area is 188 Å². The van der Waals surface area contributed by atoms with Gasteiger partial charge in [0.15, 0.2) is 11.8 Å². The van der Waals surface area contributed by atoms with Crippen LogP contribution >= 0.6 is 24.0 Å². The quantitative estimate of drug-likeness (QED) is 0.292. The van der Waals surface area contributed by atoms with Crippen molar-refractivity contribution in [1.82, 2.24) is 25.4 Å². The molecule has 0 bridgehead atoms. The highest BCUT2D eigenvalue weighted by atomic mass is 127. The van der Waals surface area contributed by atoms with Crippen molar-refractivity contribution in [3.05, 3.63) is 71.7 Å². The van der Waals surface area contributed by atoms with Crippen LogP contribution in [0.25, 0.3) is 5.82 Å². The molecule has 3 aromatic rings. The number of nitrogens with one attached hydrogen (secondary N) is 2. The van der Waals surface area contributed by atoms with Crippen LogP contribution in [-0.2, 0) is 13.1 Å². The molecule has 0 spiro atoms. The molecule has 0 aliphatic rings. The maximum atomic E-state index is 5.48. The predicted octanol–water partition coefficient (Wildman–Crippen LogP) is 3.46. The fraction of sp³-hybridized carbons (Fsp3) is 0.286. The third-order valence-corrected chi connectivity index (χ3v) is 4.20. The average molecular weight is 506 g/mol. The van der Waals surface area contributed by atoms with Crippen LogP contribution in [-0.4, -0.2) is 34.4 Å². The average Bonchev–Trinajstić information content (AvgIpc) is 3.26. The molecule has 0 saturated heterocycles. The summed E-state index contributed by atoms with van der Waals surface area (Å²) in [5, 5.41) is 10.9. The molecule has 0 aliphatic carbocycles. The summed E-state index contributed by atoms with van der Waals surface area (Å²) in [6.45, 7) is 6.05. The van der Waals surface area contributed by atoms with Gasteiger partial charge in [0.05, 0.1) is 13.7 Å². The topological polar surface area (TPSA) is 76.4 Å². The first-order chi connectivity index (χ1) is 13.7. The van der Waals surface area contributed by atoms with Crippen molar-refractivity contribution in [3.8, 4) is 11.6 Å². The number of methoxy groups -OCH3 is 1. The van der Waals surface area contributed by atoms with Gasteiger partial charge in [-0.2, -0.15) is 5.10 Å². The summed E-state index contributed by atoms with van der Waals surface area (Å²) in [4.78, 5) is 9.04. The van der Waals surface area contributed by atoms with Gasteiger partial charge in [0, 0.05) is 37.2 Å². The molecule has 29 heavy (non-hydrogen) atoms. The smallest absolute Gasteiger partial charge is 0.191 e. The molecule has 2 heterocycles. The zero-order valence-corrected chi connectivity index (χ0v) is 19.3. The number of ether oxygens (including phenoxy) is 1. The largest absolute Gasteiger partial charge is 0.496 e. The maximum Gasteiger partial charge on any atom is 0.191 e. The van der Waals surface area contributed by atoms with Crippen LogP contribution in [0.15, 0.2) is 60.0 Å². The van der Waals surface area contributed by atoms with Crippen LogP contribution < -0.4 is 15.4 Å². The molecule has 0 unspecified atom stereocenters. The summed E-state index contributed by atoms with van der Waals surface area (Å²) >= 11 is 0. The Kier molecular flexibility index (Phi) is 8.91. The van der Waals surface area contributed by atoms with Crippen LogP contribution in [0.5, 0.6) is 5.75 Å². The van der Waals surface area contributed by atoms with Crippen molar-refractivity contribution in [2.45, 2.75) is 26.9 Å². The van der Waals surface area contributed by atoms with Crippen molar-refractivity contribution < 1.29 is 4.74 Å². The molecule has 1 aromatic carbocycles. The Morgan fingerprint density at radius 1 is 1.17 bits per heavy atom. The third kappa shape index (κ3) is 6.45. The number of benzene rings is 1. The molecule has 0 fully saturated rings. The van der Waals surface area contributed by atoms with E-state index < -0.39 is 0 Å². The molecule has 2 aromatic heterocycles. The first-order valence-corrected chi connectivity index (χ1v) is 9.30.